The van der Waals surface area contributed by atoms with Crippen LogP contribution in [0.2, 0.25) is 0 Å². The predicted molar refractivity (Wildman–Crippen MR) is 98.1 cm³/mol. The first kappa shape index (κ1) is 17.6. The maximum Gasteiger partial charge on any atom is 0.293 e. The van der Waals surface area contributed by atoms with Gasteiger partial charge in [-0.2, -0.15) is 5.26 Å². The van der Waals surface area contributed by atoms with Crippen molar-refractivity contribution in [2.45, 2.75) is 32.2 Å². The fourth-order valence-corrected chi connectivity index (χ4v) is 3.10. The van der Waals surface area contributed by atoms with Crippen LogP contribution in [0.15, 0.2) is 30.6 Å². The van der Waals surface area contributed by atoms with Crippen molar-refractivity contribution in [2.75, 3.05) is 23.3 Å². The number of nitro benzene ring substituents is 1. The molecule has 0 spiro atoms. The van der Waals surface area contributed by atoms with Gasteiger partial charge in [0, 0.05) is 37.0 Å². The lowest BCUT2D eigenvalue weighted by Crippen LogP contribution is -2.39. The lowest BCUT2D eigenvalue weighted by Gasteiger charge is -2.33. The molecule has 1 aromatic carbocycles. The second kappa shape index (κ2) is 7.78. The zero-order chi connectivity index (χ0) is 18.5. The van der Waals surface area contributed by atoms with E-state index in [1.165, 1.54) is 6.07 Å². The minimum absolute atomic E-state index is 0.0603. The van der Waals surface area contributed by atoms with E-state index in [0.29, 0.717) is 5.69 Å². The van der Waals surface area contributed by atoms with Gasteiger partial charge in [0.2, 0.25) is 0 Å². The highest BCUT2D eigenvalue weighted by molar-refractivity contribution is 5.64. The molecular weight excluding hydrogens is 332 g/mol. The third-order valence-corrected chi connectivity index (χ3v) is 4.57. The van der Waals surface area contributed by atoms with Crippen molar-refractivity contribution in [3.63, 3.8) is 0 Å². The molecule has 0 radical (unpaired) electrons. The molecule has 0 unspecified atom stereocenters. The highest BCUT2D eigenvalue weighted by atomic mass is 16.6. The Morgan fingerprint density at radius 1 is 1.35 bits per heavy atom. The number of rotatable bonds is 5. The van der Waals surface area contributed by atoms with Crippen LogP contribution in [0.3, 0.4) is 0 Å². The monoisotopic (exact) mass is 352 g/mol. The molecule has 2 heterocycles. The smallest absolute Gasteiger partial charge is 0.293 e. The van der Waals surface area contributed by atoms with Crippen LogP contribution in [0.5, 0.6) is 0 Å². The predicted octanol–water partition coefficient (Wildman–Crippen LogP) is 2.90. The van der Waals surface area contributed by atoms with Gasteiger partial charge >= 0.3 is 0 Å². The Kier molecular flexibility index (Phi) is 5.27. The molecule has 0 saturated carbocycles. The van der Waals surface area contributed by atoms with Gasteiger partial charge in [-0.15, -0.1) is 0 Å². The van der Waals surface area contributed by atoms with Crippen LogP contribution < -0.4 is 10.2 Å². The van der Waals surface area contributed by atoms with Gasteiger partial charge in [-0.05, 0) is 31.4 Å². The highest BCUT2D eigenvalue weighted by Gasteiger charge is 2.23. The van der Waals surface area contributed by atoms with Crippen LogP contribution in [0.25, 0.3) is 0 Å². The number of nitriles is 1. The maximum atomic E-state index is 11.3. The van der Waals surface area contributed by atoms with Crippen molar-refractivity contribution in [3.05, 3.63) is 52.0 Å². The van der Waals surface area contributed by atoms with Crippen molar-refractivity contribution in [1.82, 2.24) is 9.97 Å². The Morgan fingerprint density at radius 3 is 2.77 bits per heavy atom. The third kappa shape index (κ3) is 3.88. The summed E-state index contributed by atoms with van der Waals surface area (Å²) in [7, 11) is 0. The Morgan fingerprint density at radius 2 is 2.12 bits per heavy atom. The maximum absolute atomic E-state index is 11.3. The molecule has 1 N–H and O–H groups in total. The van der Waals surface area contributed by atoms with Crippen LogP contribution in [-0.4, -0.2) is 34.0 Å². The molecule has 2 aromatic rings. The molecule has 0 aliphatic carbocycles. The number of nitro groups is 1. The molecule has 0 bridgehead atoms. The van der Waals surface area contributed by atoms with Crippen LogP contribution >= 0.6 is 0 Å². The summed E-state index contributed by atoms with van der Waals surface area (Å²) in [6.07, 6.45) is 4.17. The molecular formula is C18H20N6O2. The average Bonchev–Trinajstić information content (AvgIpc) is 2.68. The van der Waals surface area contributed by atoms with E-state index in [2.05, 4.69) is 27.1 Å². The number of anilines is 2. The summed E-state index contributed by atoms with van der Waals surface area (Å²) in [5, 5.41) is 23.5. The molecule has 26 heavy (non-hydrogen) atoms. The Bertz CT molecular complexity index is 840. The molecule has 1 aliphatic heterocycles. The second-order valence-electron chi connectivity index (χ2n) is 6.23. The van der Waals surface area contributed by atoms with E-state index in [1.807, 2.05) is 12.1 Å². The standard InChI is InChI=1S/C18H20N6O2/c1-2-14-10-18(21-12-20-14)23-7-5-15(6-8-23)22-16-4-3-13(11-19)9-17(16)24(25)26/h3-4,9-10,12,15,22H,2,5-8H2,1H3. The average molecular weight is 352 g/mol. The van der Waals surface area contributed by atoms with Gasteiger partial charge in [-0.25, -0.2) is 9.97 Å². The Balaban J connectivity index is 1.66. The fourth-order valence-electron chi connectivity index (χ4n) is 3.10. The third-order valence-electron chi connectivity index (χ3n) is 4.57. The van der Waals surface area contributed by atoms with Crippen LogP contribution in [0.4, 0.5) is 17.2 Å². The first-order chi connectivity index (χ1) is 12.6. The lowest BCUT2D eigenvalue weighted by molar-refractivity contribution is -0.384. The summed E-state index contributed by atoms with van der Waals surface area (Å²) >= 11 is 0. The van der Waals surface area contributed by atoms with Crippen molar-refractivity contribution < 1.29 is 4.92 Å². The first-order valence-corrected chi connectivity index (χ1v) is 8.61. The molecule has 1 aliphatic rings. The first-order valence-electron chi connectivity index (χ1n) is 8.61. The van der Waals surface area contributed by atoms with E-state index in [-0.39, 0.29) is 17.3 Å². The van der Waals surface area contributed by atoms with Gasteiger partial charge in [0.25, 0.3) is 5.69 Å². The van der Waals surface area contributed by atoms with Gasteiger partial charge in [0.05, 0.1) is 16.6 Å². The van der Waals surface area contributed by atoms with E-state index < -0.39 is 4.92 Å². The van der Waals surface area contributed by atoms with Gasteiger partial charge in [0.1, 0.15) is 17.8 Å². The van der Waals surface area contributed by atoms with Gasteiger partial charge < -0.3 is 10.2 Å². The molecule has 0 atom stereocenters. The van der Waals surface area contributed by atoms with Gasteiger partial charge in [-0.1, -0.05) is 6.92 Å². The zero-order valence-electron chi connectivity index (χ0n) is 14.6. The van der Waals surface area contributed by atoms with Crippen LogP contribution in [-0.2, 0) is 6.42 Å². The molecule has 1 aromatic heterocycles. The van der Waals surface area contributed by atoms with Crippen molar-refractivity contribution in [3.8, 4) is 6.07 Å². The number of aryl methyl sites for hydroxylation is 1. The summed E-state index contributed by atoms with van der Waals surface area (Å²) in [6, 6.07) is 8.61. The highest BCUT2D eigenvalue weighted by Crippen LogP contribution is 2.28. The van der Waals surface area contributed by atoms with Crippen molar-refractivity contribution >= 4 is 17.2 Å². The van der Waals surface area contributed by atoms with E-state index in [0.717, 1.165) is 43.9 Å². The number of hydrogen-bond donors (Lipinski definition) is 1. The summed E-state index contributed by atoms with van der Waals surface area (Å²) in [6.45, 7) is 3.70. The number of piperidine rings is 1. The number of nitrogens with zero attached hydrogens (tertiary/aromatic N) is 5. The summed E-state index contributed by atoms with van der Waals surface area (Å²) < 4.78 is 0. The summed E-state index contributed by atoms with van der Waals surface area (Å²) in [5.74, 6) is 0.930. The van der Waals surface area contributed by atoms with Crippen molar-refractivity contribution in [2.24, 2.45) is 0 Å². The van der Waals surface area contributed by atoms with Gasteiger partial charge in [0.15, 0.2) is 0 Å². The van der Waals surface area contributed by atoms with Crippen LogP contribution in [0.1, 0.15) is 31.0 Å². The lowest BCUT2D eigenvalue weighted by atomic mass is 10.0. The number of nitrogens with one attached hydrogen (secondary N) is 1. The van der Waals surface area contributed by atoms with Gasteiger partial charge in [-0.3, -0.25) is 10.1 Å². The van der Waals surface area contributed by atoms with E-state index >= 15 is 0 Å². The molecule has 8 heteroatoms. The normalized spacial score (nSPS) is 14.7. The van der Waals surface area contributed by atoms with E-state index in [4.69, 9.17) is 5.26 Å². The molecule has 1 fully saturated rings. The number of benzene rings is 1. The van der Waals surface area contributed by atoms with Crippen molar-refractivity contribution in [1.29, 1.82) is 5.26 Å². The van der Waals surface area contributed by atoms with E-state index in [1.54, 1.807) is 18.5 Å². The fraction of sp³-hybridized carbons (Fsp3) is 0.389. The van der Waals surface area contributed by atoms with E-state index in [9.17, 15) is 10.1 Å². The topological polar surface area (TPSA) is 108 Å². The Hall–Kier alpha value is -3.21. The zero-order valence-corrected chi connectivity index (χ0v) is 14.6. The molecule has 1 saturated heterocycles. The molecule has 0 amide bonds. The summed E-state index contributed by atoms with van der Waals surface area (Å²) in [5.41, 5.74) is 1.70. The SMILES string of the molecule is CCc1cc(N2CCC(Nc3ccc(C#N)cc3[N+](=O)[O-])CC2)ncn1. The molecule has 3 rings (SSSR count). The molecule has 8 nitrogen and oxygen atoms in total. The Labute approximate surface area is 151 Å². The summed E-state index contributed by atoms with van der Waals surface area (Å²) in [4.78, 5) is 21.6. The molecule has 134 valence electrons. The van der Waals surface area contributed by atoms with Crippen LogP contribution in [0, 0.1) is 21.4 Å². The minimum Gasteiger partial charge on any atom is -0.377 e. The number of aromatic nitrogens is 2. The largest absolute Gasteiger partial charge is 0.377 e. The number of hydrogen-bond acceptors (Lipinski definition) is 7. The second-order valence-corrected chi connectivity index (χ2v) is 6.23. The minimum atomic E-state index is -0.453. The quantitative estimate of drug-likeness (QED) is 0.651.